The average Bonchev–Trinajstić information content (AvgIpc) is 2.22. The molecule has 0 saturated heterocycles. The minimum atomic E-state index is 0.439. The van der Waals surface area contributed by atoms with Crippen LogP contribution in [-0.2, 0) is 4.74 Å². The molecule has 15 heavy (non-hydrogen) atoms. The summed E-state index contributed by atoms with van der Waals surface area (Å²) in [6.07, 6.45) is 6.45. The van der Waals surface area contributed by atoms with Gasteiger partial charge in [-0.05, 0) is 46.1 Å². The molecule has 0 aromatic rings. The first kappa shape index (κ1) is 14.9. The highest BCUT2D eigenvalue weighted by atomic mass is 16.5. The van der Waals surface area contributed by atoms with Gasteiger partial charge in [-0.2, -0.15) is 0 Å². The normalized spacial score (nSPS) is 15.2. The van der Waals surface area contributed by atoms with Crippen LogP contribution in [0.5, 0.6) is 0 Å². The highest BCUT2D eigenvalue weighted by Crippen LogP contribution is 2.03. The summed E-state index contributed by atoms with van der Waals surface area (Å²) in [5.41, 5.74) is 0. The summed E-state index contributed by atoms with van der Waals surface area (Å²) in [5, 5.41) is 3.49. The molecule has 0 spiro atoms. The van der Waals surface area contributed by atoms with Gasteiger partial charge in [0.2, 0.25) is 0 Å². The van der Waals surface area contributed by atoms with E-state index in [1.807, 2.05) is 0 Å². The summed E-state index contributed by atoms with van der Waals surface area (Å²) in [5.74, 6) is 0. The van der Waals surface area contributed by atoms with Gasteiger partial charge in [-0.15, -0.1) is 0 Å². The van der Waals surface area contributed by atoms with Crippen molar-refractivity contribution in [3.8, 4) is 0 Å². The Bertz CT molecular complexity index is 128. The van der Waals surface area contributed by atoms with Crippen LogP contribution >= 0.6 is 0 Å². The molecular formula is C13H29NO. The lowest BCUT2D eigenvalue weighted by molar-refractivity contribution is 0.0563. The van der Waals surface area contributed by atoms with Crippen molar-refractivity contribution in [2.75, 3.05) is 13.2 Å². The van der Waals surface area contributed by atoms with Gasteiger partial charge in [-0.25, -0.2) is 0 Å². The summed E-state index contributed by atoms with van der Waals surface area (Å²) in [4.78, 5) is 0. The van der Waals surface area contributed by atoms with Gasteiger partial charge >= 0.3 is 0 Å². The van der Waals surface area contributed by atoms with Crippen molar-refractivity contribution in [3.63, 3.8) is 0 Å². The minimum Gasteiger partial charge on any atom is -0.379 e. The second-order valence-corrected chi connectivity index (χ2v) is 4.47. The zero-order valence-corrected chi connectivity index (χ0v) is 11.0. The summed E-state index contributed by atoms with van der Waals surface area (Å²) in [7, 11) is 0. The van der Waals surface area contributed by atoms with Gasteiger partial charge in [-0.3, -0.25) is 0 Å². The van der Waals surface area contributed by atoms with E-state index in [2.05, 4.69) is 33.0 Å². The van der Waals surface area contributed by atoms with Gasteiger partial charge in [0.05, 0.1) is 6.10 Å². The summed E-state index contributed by atoms with van der Waals surface area (Å²) >= 11 is 0. The lowest BCUT2D eigenvalue weighted by atomic mass is 10.2. The van der Waals surface area contributed by atoms with Crippen molar-refractivity contribution in [3.05, 3.63) is 0 Å². The molecular weight excluding hydrogens is 186 g/mol. The Labute approximate surface area is 95.8 Å². The summed E-state index contributed by atoms with van der Waals surface area (Å²) < 4.78 is 5.71. The molecule has 0 aliphatic heterocycles. The molecule has 2 nitrogen and oxygen atoms in total. The smallest absolute Gasteiger partial charge is 0.0546 e. The van der Waals surface area contributed by atoms with E-state index in [4.69, 9.17) is 4.74 Å². The Balaban J connectivity index is 3.22. The van der Waals surface area contributed by atoms with Crippen LogP contribution in [0.4, 0.5) is 0 Å². The molecule has 0 fully saturated rings. The first-order valence-corrected chi connectivity index (χ1v) is 6.55. The van der Waals surface area contributed by atoms with Crippen molar-refractivity contribution in [1.29, 1.82) is 0 Å². The van der Waals surface area contributed by atoms with Crippen LogP contribution in [0.25, 0.3) is 0 Å². The lowest BCUT2D eigenvalue weighted by Gasteiger charge is -2.15. The van der Waals surface area contributed by atoms with Crippen molar-refractivity contribution < 1.29 is 4.74 Å². The topological polar surface area (TPSA) is 21.3 Å². The number of hydrogen-bond acceptors (Lipinski definition) is 2. The van der Waals surface area contributed by atoms with Gasteiger partial charge < -0.3 is 10.1 Å². The fourth-order valence-corrected chi connectivity index (χ4v) is 1.66. The molecule has 0 amide bonds. The summed E-state index contributed by atoms with van der Waals surface area (Å²) in [6, 6.07) is 0.634. The highest BCUT2D eigenvalue weighted by molar-refractivity contribution is 4.59. The van der Waals surface area contributed by atoms with E-state index in [1.165, 1.54) is 32.1 Å². The molecule has 2 atom stereocenters. The molecule has 0 aliphatic carbocycles. The van der Waals surface area contributed by atoms with E-state index in [9.17, 15) is 0 Å². The fraction of sp³-hybridized carbons (Fsp3) is 1.00. The van der Waals surface area contributed by atoms with Crippen molar-refractivity contribution >= 4 is 0 Å². The molecule has 0 saturated carbocycles. The Hall–Kier alpha value is -0.0800. The van der Waals surface area contributed by atoms with Crippen LogP contribution in [0, 0.1) is 0 Å². The zero-order chi connectivity index (χ0) is 11.5. The molecule has 1 N–H and O–H groups in total. The van der Waals surface area contributed by atoms with E-state index in [0.717, 1.165) is 13.2 Å². The molecule has 92 valence electrons. The van der Waals surface area contributed by atoms with E-state index in [0.29, 0.717) is 12.1 Å². The number of nitrogens with one attached hydrogen (secondary N) is 1. The van der Waals surface area contributed by atoms with Crippen LogP contribution in [0.2, 0.25) is 0 Å². The second kappa shape index (κ2) is 10.4. The van der Waals surface area contributed by atoms with E-state index >= 15 is 0 Å². The third kappa shape index (κ3) is 10.2. The van der Waals surface area contributed by atoms with Gasteiger partial charge in [0, 0.05) is 12.6 Å². The molecule has 0 aromatic heterocycles. The van der Waals surface area contributed by atoms with E-state index in [-0.39, 0.29) is 0 Å². The first-order chi connectivity index (χ1) is 7.20. The monoisotopic (exact) mass is 215 g/mol. The van der Waals surface area contributed by atoms with Crippen molar-refractivity contribution in [2.45, 2.75) is 71.9 Å². The predicted octanol–water partition coefficient (Wildman–Crippen LogP) is 3.36. The highest BCUT2D eigenvalue weighted by Gasteiger charge is 2.02. The van der Waals surface area contributed by atoms with Crippen LogP contribution < -0.4 is 5.32 Å². The molecule has 0 rings (SSSR count). The fourth-order valence-electron chi connectivity index (χ4n) is 1.66. The second-order valence-electron chi connectivity index (χ2n) is 4.47. The third-order valence-corrected chi connectivity index (χ3v) is 2.62. The number of rotatable bonds is 10. The van der Waals surface area contributed by atoms with Gasteiger partial charge in [-0.1, -0.05) is 20.3 Å². The third-order valence-electron chi connectivity index (χ3n) is 2.62. The Morgan fingerprint density at radius 2 is 1.80 bits per heavy atom. The first-order valence-electron chi connectivity index (χ1n) is 6.55. The van der Waals surface area contributed by atoms with Crippen molar-refractivity contribution in [2.24, 2.45) is 0 Å². The molecule has 0 aliphatic rings. The molecule has 2 unspecified atom stereocenters. The molecule has 2 heteroatoms. The SMILES string of the molecule is CCCNC(C)CCCOC(C)CCC. The Kier molecular flexibility index (Phi) is 10.4. The largest absolute Gasteiger partial charge is 0.379 e. The van der Waals surface area contributed by atoms with Crippen LogP contribution in [0.1, 0.15) is 59.8 Å². The lowest BCUT2D eigenvalue weighted by Crippen LogP contribution is -2.27. The maximum absolute atomic E-state index is 5.71. The predicted molar refractivity (Wildman–Crippen MR) is 67.3 cm³/mol. The van der Waals surface area contributed by atoms with Gasteiger partial charge in [0.15, 0.2) is 0 Å². The van der Waals surface area contributed by atoms with Gasteiger partial charge in [0.25, 0.3) is 0 Å². The quantitative estimate of drug-likeness (QED) is 0.564. The maximum Gasteiger partial charge on any atom is 0.0546 e. The molecule has 0 heterocycles. The average molecular weight is 215 g/mol. The minimum absolute atomic E-state index is 0.439. The van der Waals surface area contributed by atoms with E-state index in [1.54, 1.807) is 0 Å². The standard InChI is InChI=1S/C13H29NO/c1-5-8-13(4)15-11-7-9-12(3)14-10-6-2/h12-14H,5-11H2,1-4H3. The molecule has 0 radical (unpaired) electrons. The Morgan fingerprint density at radius 1 is 1.07 bits per heavy atom. The van der Waals surface area contributed by atoms with Crippen LogP contribution in [0.15, 0.2) is 0 Å². The summed E-state index contributed by atoms with van der Waals surface area (Å²) in [6.45, 7) is 10.9. The molecule has 0 bridgehead atoms. The van der Waals surface area contributed by atoms with E-state index < -0.39 is 0 Å². The Morgan fingerprint density at radius 3 is 2.40 bits per heavy atom. The van der Waals surface area contributed by atoms with Crippen LogP contribution in [0.3, 0.4) is 0 Å². The zero-order valence-electron chi connectivity index (χ0n) is 11.0. The van der Waals surface area contributed by atoms with Crippen LogP contribution in [-0.4, -0.2) is 25.3 Å². The van der Waals surface area contributed by atoms with Crippen molar-refractivity contribution in [1.82, 2.24) is 5.32 Å². The maximum atomic E-state index is 5.71. The van der Waals surface area contributed by atoms with Gasteiger partial charge in [0.1, 0.15) is 0 Å². The number of hydrogen-bond donors (Lipinski definition) is 1. The molecule has 0 aromatic carbocycles. The number of ether oxygens (including phenoxy) is 1.